The first-order valence-electron chi connectivity index (χ1n) is 5.74. The summed E-state index contributed by atoms with van der Waals surface area (Å²) in [5, 5.41) is 4.30. The van der Waals surface area contributed by atoms with E-state index in [1.807, 2.05) is 12.1 Å². The largest absolute Gasteiger partial charge is 0.314 e. The van der Waals surface area contributed by atoms with E-state index in [0.717, 1.165) is 18.0 Å². The van der Waals surface area contributed by atoms with Gasteiger partial charge in [-0.3, -0.25) is 0 Å². The van der Waals surface area contributed by atoms with Crippen molar-refractivity contribution in [1.29, 1.82) is 0 Å². The smallest absolute Gasteiger partial charge is 0.0406 e. The Bertz CT molecular complexity index is 268. The summed E-state index contributed by atoms with van der Waals surface area (Å²) in [6.07, 6.45) is 3.52. The molecule has 0 spiro atoms. The topological polar surface area (TPSA) is 12.0 Å². The zero-order valence-corrected chi connectivity index (χ0v) is 10.3. The maximum absolute atomic E-state index is 5.84. The van der Waals surface area contributed by atoms with Crippen molar-refractivity contribution in [3.05, 3.63) is 34.9 Å². The van der Waals surface area contributed by atoms with Crippen molar-refractivity contribution in [3.8, 4) is 0 Å². The first kappa shape index (κ1) is 12.5. The lowest BCUT2D eigenvalue weighted by molar-refractivity contribution is 0.481. The van der Waals surface area contributed by atoms with Gasteiger partial charge in [-0.05, 0) is 43.5 Å². The molecule has 1 aromatic rings. The van der Waals surface area contributed by atoms with Crippen molar-refractivity contribution in [2.75, 3.05) is 6.54 Å². The molecule has 1 nitrogen and oxygen atoms in total. The predicted molar refractivity (Wildman–Crippen MR) is 67.5 cm³/mol. The molecule has 0 aliphatic rings. The van der Waals surface area contributed by atoms with Gasteiger partial charge in [0.2, 0.25) is 0 Å². The van der Waals surface area contributed by atoms with Crippen molar-refractivity contribution < 1.29 is 0 Å². The van der Waals surface area contributed by atoms with Crippen molar-refractivity contribution in [2.24, 2.45) is 0 Å². The van der Waals surface area contributed by atoms with E-state index in [9.17, 15) is 0 Å². The Balaban J connectivity index is 2.38. The molecule has 1 N–H and O–H groups in total. The van der Waals surface area contributed by atoms with Gasteiger partial charge in [0.15, 0.2) is 0 Å². The van der Waals surface area contributed by atoms with Gasteiger partial charge in [0, 0.05) is 11.1 Å². The molecule has 0 aliphatic heterocycles. The van der Waals surface area contributed by atoms with E-state index < -0.39 is 0 Å². The average Bonchev–Trinajstić information content (AvgIpc) is 2.26. The SMILES string of the molecule is CCNC(CC)CCc1ccc(Cl)cc1. The lowest BCUT2D eigenvalue weighted by Gasteiger charge is -2.15. The maximum atomic E-state index is 5.84. The fourth-order valence-electron chi connectivity index (χ4n) is 1.73. The van der Waals surface area contributed by atoms with Gasteiger partial charge in [-0.1, -0.05) is 37.6 Å². The van der Waals surface area contributed by atoms with E-state index in [0.29, 0.717) is 6.04 Å². The van der Waals surface area contributed by atoms with Crippen LogP contribution in [0.15, 0.2) is 24.3 Å². The van der Waals surface area contributed by atoms with Crippen molar-refractivity contribution >= 4 is 11.6 Å². The molecule has 0 aromatic heterocycles. The van der Waals surface area contributed by atoms with Crippen molar-refractivity contribution in [1.82, 2.24) is 5.32 Å². The fourth-order valence-corrected chi connectivity index (χ4v) is 1.86. The molecule has 15 heavy (non-hydrogen) atoms. The maximum Gasteiger partial charge on any atom is 0.0406 e. The van der Waals surface area contributed by atoms with Crippen LogP contribution in [0.25, 0.3) is 0 Å². The molecule has 0 bridgehead atoms. The van der Waals surface area contributed by atoms with E-state index in [2.05, 4.69) is 31.3 Å². The summed E-state index contributed by atoms with van der Waals surface area (Å²) in [6.45, 7) is 5.44. The molecule has 1 atom stereocenters. The Morgan fingerprint density at radius 3 is 2.40 bits per heavy atom. The zero-order chi connectivity index (χ0) is 11.1. The molecule has 0 aliphatic carbocycles. The van der Waals surface area contributed by atoms with E-state index in [1.54, 1.807) is 0 Å². The highest BCUT2D eigenvalue weighted by molar-refractivity contribution is 6.30. The second-order valence-corrected chi connectivity index (χ2v) is 4.26. The van der Waals surface area contributed by atoms with E-state index in [1.165, 1.54) is 18.4 Å². The summed E-state index contributed by atoms with van der Waals surface area (Å²) in [7, 11) is 0. The molecule has 1 aromatic carbocycles. The number of hydrogen-bond acceptors (Lipinski definition) is 1. The molecular formula is C13H20ClN. The Labute approximate surface area is 97.8 Å². The molecule has 0 amide bonds. The van der Waals surface area contributed by atoms with Gasteiger partial charge in [-0.25, -0.2) is 0 Å². The lowest BCUT2D eigenvalue weighted by Crippen LogP contribution is -2.28. The van der Waals surface area contributed by atoms with Crippen LogP contribution in [0.1, 0.15) is 32.3 Å². The highest BCUT2D eigenvalue weighted by atomic mass is 35.5. The molecule has 0 saturated carbocycles. The lowest BCUT2D eigenvalue weighted by atomic mass is 10.0. The Kier molecular flexibility index (Phi) is 5.74. The van der Waals surface area contributed by atoms with Gasteiger partial charge in [0.25, 0.3) is 0 Å². The first-order chi connectivity index (χ1) is 7.26. The van der Waals surface area contributed by atoms with Gasteiger partial charge in [-0.15, -0.1) is 0 Å². The Morgan fingerprint density at radius 2 is 1.87 bits per heavy atom. The number of halogens is 1. The van der Waals surface area contributed by atoms with Crippen LogP contribution in [0, 0.1) is 0 Å². The fraction of sp³-hybridized carbons (Fsp3) is 0.538. The molecule has 84 valence electrons. The van der Waals surface area contributed by atoms with Gasteiger partial charge in [0.1, 0.15) is 0 Å². The van der Waals surface area contributed by atoms with Crippen molar-refractivity contribution in [2.45, 2.75) is 39.2 Å². The molecule has 0 saturated heterocycles. The highest BCUT2D eigenvalue weighted by Crippen LogP contribution is 2.12. The van der Waals surface area contributed by atoms with Gasteiger partial charge < -0.3 is 5.32 Å². The van der Waals surface area contributed by atoms with Crippen LogP contribution in [-0.2, 0) is 6.42 Å². The molecule has 1 unspecified atom stereocenters. The summed E-state index contributed by atoms with van der Waals surface area (Å²) in [5.74, 6) is 0. The molecule has 2 heteroatoms. The predicted octanol–water partition coefficient (Wildman–Crippen LogP) is 3.66. The molecular weight excluding hydrogens is 206 g/mol. The average molecular weight is 226 g/mol. The normalized spacial score (nSPS) is 12.7. The standard InChI is InChI=1S/C13H20ClN/c1-3-13(15-4-2)10-7-11-5-8-12(14)9-6-11/h5-6,8-9,13,15H,3-4,7,10H2,1-2H3. The summed E-state index contributed by atoms with van der Waals surface area (Å²) in [6, 6.07) is 8.80. The molecule has 1 rings (SSSR count). The highest BCUT2D eigenvalue weighted by Gasteiger charge is 2.04. The summed E-state index contributed by atoms with van der Waals surface area (Å²) in [5.41, 5.74) is 1.37. The summed E-state index contributed by atoms with van der Waals surface area (Å²) in [4.78, 5) is 0. The minimum Gasteiger partial charge on any atom is -0.314 e. The van der Waals surface area contributed by atoms with Crippen LogP contribution in [0.3, 0.4) is 0 Å². The molecule has 0 fully saturated rings. The van der Waals surface area contributed by atoms with E-state index in [4.69, 9.17) is 11.6 Å². The molecule has 0 radical (unpaired) electrons. The van der Waals surface area contributed by atoms with Gasteiger partial charge >= 0.3 is 0 Å². The van der Waals surface area contributed by atoms with Crippen LogP contribution in [0.4, 0.5) is 0 Å². The third-order valence-electron chi connectivity index (χ3n) is 2.68. The molecule has 0 heterocycles. The number of benzene rings is 1. The van der Waals surface area contributed by atoms with Gasteiger partial charge in [-0.2, -0.15) is 0 Å². The zero-order valence-electron chi connectivity index (χ0n) is 9.59. The minimum atomic E-state index is 0.644. The van der Waals surface area contributed by atoms with Crippen LogP contribution in [0.2, 0.25) is 5.02 Å². The van der Waals surface area contributed by atoms with Gasteiger partial charge in [0.05, 0.1) is 0 Å². The Morgan fingerprint density at radius 1 is 1.20 bits per heavy atom. The van der Waals surface area contributed by atoms with E-state index in [-0.39, 0.29) is 0 Å². The summed E-state index contributed by atoms with van der Waals surface area (Å²) < 4.78 is 0. The second-order valence-electron chi connectivity index (χ2n) is 3.83. The number of aryl methyl sites for hydroxylation is 1. The van der Waals surface area contributed by atoms with Crippen LogP contribution < -0.4 is 5.32 Å². The number of rotatable bonds is 6. The minimum absolute atomic E-state index is 0.644. The Hall–Kier alpha value is -0.530. The third-order valence-corrected chi connectivity index (χ3v) is 2.93. The monoisotopic (exact) mass is 225 g/mol. The second kappa shape index (κ2) is 6.86. The van der Waals surface area contributed by atoms with Crippen LogP contribution in [0.5, 0.6) is 0 Å². The van der Waals surface area contributed by atoms with E-state index >= 15 is 0 Å². The third kappa shape index (κ3) is 4.67. The number of hydrogen-bond donors (Lipinski definition) is 1. The summed E-state index contributed by atoms with van der Waals surface area (Å²) >= 11 is 5.84. The van der Waals surface area contributed by atoms with Crippen molar-refractivity contribution in [3.63, 3.8) is 0 Å². The quantitative estimate of drug-likeness (QED) is 0.779. The van der Waals surface area contributed by atoms with Crippen LogP contribution >= 0.6 is 11.6 Å². The number of nitrogens with one attached hydrogen (secondary N) is 1. The van der Waals surface area contributed by atoms with Crippen LogP contribution in [-0.4, -0.2) is 12.6 Å². The first-order valence-corrected chi connectivity index (χ1v) is 6.11.